The summed E-state index contributed by atoms with van der Waals surface area (Å²) in [5, 5.41) is 0. The van der Waals surface area contributed by atoms with E-state index in [1.54, 1.807) is 0 Å². The summed E-state index contributed by atoms with van der Waals surface area (Å²) < 4.78 is 6.41. The zero-order valence-electron chi connectivity index (χ0n) is 12.8. The second-order valence-electron chi connectivity index (χ2n) is 4.41. The second kappa shape index (κ2) is 13.5. The Kier molecular flexibility index (Phi) is 15.3. The third kappa shape index (κ3) is 11.2. The Labute approximate surface area is 125 Å². The summed E-state index contributed by atoms with van der Waals surface area (Å²) in [4.78, 5) is 0. The van der Waals surface area contributed by atoms with Gasteiger partial charge in [-0.05, 0) is 34.1 Å². The number of thiocarbonyl (C=S) groups is 1. The highest BCUT2D eigenvalue weighted by atomic mass is 32.1. The van der Waals surface area contributed by atoms with Gasteiger partial charge in [0.1, 0.15) is 0 Å². The van der Waals surface area contributed by atoms with Crippen molar-refractivity contribution in [3.63, 3.8) is 0 Å². The van der Waals surface area contributed by atoms with E-state index in [1.165, 1.54) is 43.5 Å². The van der Waals surface area contributed by atoms with Gasteiger partial charge in [-0.2, -0.15) is 0 Å². The molecular formula is C14H31NOS2. The summed E-state index contributed by atoms with van der Waals surface area (Å²) in [6.07, 6.45) is 3.46. The molecule has 0 radical (unpaired) electrons. The number of unbranched alkanes of at least 4 members (excludes halogenated alkanes) is 2. The predicted molar refractivity (Wildman–Crippen MR) is 87.9 cm³/mol. The predicted octanol–water partition coefficient (Wildman–Crippen LogP) is 3.91. The third-order valence-corrected chi connectivity index (χ3v) is 3.89. The van der Waals surface area contributed by atoms with Crippen LogP contribution in [0.1, 0.15) is 53.9 Å². The minimum absolute atomic E-state index is 0.242. The van der Waals surface area contributed by atoms with Crippen LogP contribution in [0.3, 0.4) is 0 Å². The van der Waals surface area contributed by atoms with Gasteiger partial charge in [0.2, 0.25) is 0 Å². The standard InChI is InChI=1S/C8H20N.C6H12OS2/c1-5-9(6-2,7-3)8-4;1-2-3-4-5-7-6(8)9/h5-8H2,1-4H3;2-5H2,1H3,(H,8,9)/q+1;/p-1. The molecule has 0 spiro atoms. The highest BCUT2D eigenvalue weighted by Gasteiger charge is 2.16. The summed E-state index contributed by atoms with van der Waals surface area (Å²) in [6.45, 7) is 17.1. The van der Waals surface area contributed by atoms with Crippen molar-refractivity contribution in [1.82, 2.24) is 0 Å². The average molecular weight is 294 g/mol. The number of hydrogen-bond donors (Lipinski definition) is 0. The number of quaternary nitrogens is 1. The number of nitrogens with zero attached hydrogens (tertiary/aromatic N) is 1. The summed E-state index contributed by atoms with van der Waals surface area (Å²) in [5.74, 6) is 0. The van der Waals surface area contributed by atoms with Crippen LogP contribution in [0.4, 0.5) is 0 Å². The van der Waals surface area contributed by atoms with Crippen molar-refractivity contribution >= 4 is 29.2 Å². The molecule has 0 heterocycles. The fraction of sp³-hybridized carbons (Fsp3) is 0.929. The van der Waals surface area contributed by atoms with E-state index in [0.717, 1.165) is 6.42 Å². The largest absolute Gasteiger partial charge is 0.514 e. The molecule has 0 aromatic rings. The van der Waals surface area contributed by atoms with Crippen LogP contribution in [-0.4, -0.2) is 41.7 Å². The Morgan fingerprint density at radius 1 is 0.944 bits per heavy atom. The van der Waals surface area contributed by atoms with E-state index in [9.17, 15) is 0 Å². The van der Waals surface area contributed by atoms with Gasteiger partial charge in [0.25, 0.3) is 0 Å². The zero-order valence-corrected chi connectivity index (χ0v) is 14.5. The van der Waals surface area contributed by atoms with Crippen LogP contribution in [0.2, 0.25) is 0 Å². The lowest BCUT2D eigenvalue weighted by Gasteiger charge is -2.34. The molecule has 4 heteroatoms. The van der Waals surface area contributed by atoms with Gasteiger partial charge in [-0.3, -0.25) is 0 Å². The fourth-order valence-corrected chi connectivity index (χ4v) is 2.02. The molecule has 0 saturated carbocycles. The smallest absolute Gasteiger partial charge is 0.0858 e. The first kappa shape index (κ1) is 20.4. The van der Waals surface area contributed by atoms with E-state index >= 15 is 0 Å². The van der Waals surface area contributed by atoms with Gasteiger partial charge in [-0.25, -0.2) is 0 Å². The molecule has 18 heavy (non-hydrogen) atoms. The van der Waals surface area contributed by atoms with Crippen LogP contribution in [0.15, 0.2) is 0 Å². The van der Waals surface area contributed by atoms with Crippen LogP contribution >= 0.6 is 12.2 Å². The minimum Gasteiger partial charge on any atom is -0.514 e. The molecule has 0 aliphatic rings. The lowest BCUT2D eigenvalue weighted by atomic mass is 10.3. The Bertz CT molecular complexity index is 177. The molecule has 0 atom stereocenters. The van der Waals surface area contributed by atoms with Gasteiger partial charge in [0, 0.05) is 4.38 Å². The van der Waals surface area contributed by atoms with E-state index in [1.807, 2.05) is 0 Å². The molecule has 0 unspecified atom stereocenters. The summed E-state index contributed by atoms with van der Waals surface area (Å²) >= 11 is 9.08. The van der Waals surface area contributed by atoms with E-state index in [0.29, 0.717) is 6.61 Å². The fourth-order valence-electron chi connectivity index (χ4n) is 1.85. The zero-order chi connectivity index (χ0) is 14.4. The molecule has 0 amide bonds. The van der Waals surface area contributed by atoms with Crippen LogP contribution in [0, 0.1) is 0 Å². The van der Waals surface area contributed by atoms with Crippen molar-refractivity contribution in [2.24, 2.45) is 0 Å². The van der Waals surface area contributed by atoms with Crippen molar-refractivity contribution in [3.8, 4) is 0 Å². The van der Waals surface area contributed by atoms with Crippen molar-refractivity contribution in [3.05, 3.63) is 0 Å². The maximum absolute atomic E-state index is 4.89. The molecular weight excluding hydrogens is 262 g/mol. The first-order valence-electron chi connectivity index (χ1n) is 7.20. The van der Waals surface area contributed by atoms with Crippen LogP contribution in [0.5, 0.6) is 0 Å². The molecule has 0 aromatic heterocycles. The molecule has 0 fully saturated rings. The first-order chi connectivity index (χ1) is 8.51. The molecule has 0 aromatic carbocycles. The average Bonchev–Trinajstić information content (AvgIpc) is 2.39. The SMILES string of the molecule is CCCCCOC(=S)[S-].CC[N+](CC)(CC)CC. The molecule has 0 rings (SSSR count). The normalized spacial score (nSPS) is 10.5. The molecule has 0 aliphatic heterocycles. The van der Waals surface area contributed by atoms with Crippen molar-refractivity contribution in [2.75, 3.05) is 32.8 Å². The topological polar surface area (TPSA) is 9.23 Å². The van der Waals surface area contributed by atoms with Gasteiger partial charge < -0.3 is 34.1 Å². The van der Waals surface area contributed by atoms with Gasteiger partial charge in [-0.15, -0.1) is 0 Å². The molecule has 0 bridgehead atoms. The van der Waals surface area contributed by atoms with Crippen LogP contribution < -0.4 is 0 Å². The van der Waals surface area contributed by atoms with E-state index in [-0.39, 0.29) is 4.38 Å². The van der Waals surface area contributed by atoms with Crippen molar-refractivity contribution < 1.29 is 9.22 Å². The molecule has 2 nitrogen and oxygen atoms in total. The Hall–Kier alpha value is 0.0700. The van der Waals surface area contributed by atoms with E-state index < -0.39 is 0 Å². The minimum atomic E-state index is 0.242. The maximum Gasteiger partial charge on any atom is 0.0858 e. The third-order valence-electron chi connectivity index (χ3n) is 3.65. The number of rotatable bonds is 8. The summed E-state index contributed by atoms with van der Waals surface area (Å²) in [7, 11) is 0. The number of hydrogen-bond acceptors (Lipinski definition) is 3. The Morgan fingerprint density at radius 3 is 1.61 bits per heavy atom. The van der Waals surface area contributed by atoms with E-state index in [2.05, 4.69) is 59.5 Å². The monoisotopic (exact) mass is 293 g/mol. The van der Waals surface area contributed by atoms with Gasteiger partial charge in [0.05, 0.1) is 32.8 Å². The second-order valence-corrected chi connectivity index (χ2v) is 5.41. The lowest BCUT2D eigenvalue weighted by molar-refractivity contribution is -0.921. The highest BCUT2D eigenvalue weighted by molar-refractivity contribution is 7.99. The van der Waals surface area contributed by atoms with E-state index in [4.69, 9.17) is 4.74 Å². The maximum atomic E-state index is 4.89. The van der Waals surface area contributed by atoms with Crippen molar-refractivity contribution in [1.29, 1.82) is 0 Å². The first-order valence-corrected chi connectivity index (χ1v) is 8.02. The van der Waals surface area contributed by atoms with Crippen molar-refractivity contribution in [2.45, 2.75) is 53.9 Å². The Morgan fingerprint density at radius 2 is 1.39 bits per heavy atom. The molecule has 0 aliphatic carbocycles. The highest BCUT2D eigenvalue weighted by Crippen LogP contribution is 2.03. The van der Waals surface area contributed by atoms with Crippen LogP contribution in [-0.2, 0) is 17.4 Å². The molecule has 0 N–H and O–H groups in total. The van der Waals surface area contributed by atoms with Gasteiger partial charge >= 0.3 is 0 Å². The van der Waals surface area contributed by atoms with Gasteiger partial charge in [0.15, 0.2) is 0 Å². The number of ether oxygens (including phenoxy) is 1. The Balaban J connectivity index is 0. The van der Waals surface area contributed by atoms with Gasteiger partial charge in [-0.1, -0.05) is 19.8 Å². The van der Waals surface area contributed by atoms with Crippen LogP contribution in [0.25, 0.3) is 0 Å². The summed E-state index contributed by atoms with van der Waals surface area (Å²) in [6, 6.07) is 0. The molecule has 110 valence electrons. The summed E-state index contributed by atoms with van der Waals surface area (Å²) in [5.41, 5.74) is 0. The lowest BCUT2D eigenvalue weighted by Crippen LogP contribution is -2.47. The molecule has 0 saturated heterocycles. The quantitative estimate of drug-likeness (QED) is 0.291.